The van der Waals surface area contributed by atoms with E-state index in [0.717, 1.165) is 38.1 Å². The molecule has 0 unspecified atom stereocenters. The zero-order chi connectivity index (χ0) is 22.3. The van der Waals surface area contributed by atoms with Crippen molar-refractivity contribution >= 4 is 43.7 Å². The number of benzene rings is 2. The summed E-state index contributed by atoms with van der Waals surface area (Å²) in [4.78, 5) is 15.7. The molecule has 10 heteroatoms. The van der Waals surface area contributed by atoms with Gasteiger partial charge in [-0.1, -0.05) is 18.2 Å². The normalized spacial score (nSPS) is 12.3. The Kier molecular flexibility index (Phi) is 5.65. The Hall–Kier alpha value is -2.66. The zero-order valence-corrected chi connectivity index (χ0v) is 19.0. The second kappa shape index (κ2) is 8.12. The van der Waals surface area contributed by atoms with Gasteiger partial charge in [0.1, 0.15) is 15.9 Å². The van der Waals surface area contributed by atoms with Gasteiger partial charge in [-0.05, 0) is 55.0 Å². The summed E-state index contributed by atoms with van der Waals surface area (Å²) in [6, 6.07) is 8.97. The van der Waals surface area contributed by atoms with Crippen LogP contribution in [-0.2, 0) is 16.6 Å². The van der Waals surface area contributed by atoms with Gasteiger partial charge in [0.05, 0.1) is 23.9 Å². The van der Waals surface area contributed by atoms with Gasteiger partial charge < -0.3 is 10.1 Å². The predicted molar refractivity (Wildman–Crippen MR) is 121 cm³/mol. The fourth-order valence-electron chi connectivity index (χ4n) is 3.66. The number of aromatic nitrogens is 3. The number of hydrogen-bond donors (Lipinski definition) is 2. The van der Waals surface area contributed by atoms with Gasteiger partial charge in [-0.2, -0.15) is 13.1 Å². The molecule has 162 valence electrons. The fraction of sp³-hybridized carbons (Fsp3) is 0.286. The Morgan fingerprint density at radius 3 is 2.58 bits per heavy atom. The first-order chi connectivity index (χ1) is 14.7. The van der Waals surface area contributed by atoms with Crippen LogP contribution in [0.3, 0.4) is 0 Å². The summed E-state index contributed by atoms with van der Waals surface area (Å²) >= 11 is 0.940. The number of aromatic amines is 1. The van der Waals surface area contributed by atoms with Crippen LogP contribution in [0, 0.1) is 20.8 Å². The first-order valence-electron chi connectivity index (χ1n) is 9.69. The molecular weight excluding hydrogens is 436 g/mol. The van der Waals surface area contributed by atoms with Crippen LogP contribution >= 0.6 is 11.7 Å². The Morgan fingerprint density at radius 2 is 1.84 bits per heavy atom. The number of aliphatic hydroxyl groups is 1. The molecule has 0 aliphatic carbocycles. The van der Waals surface area contributed by atoms with Gasteiger partial charge in [0.15, 0.2) is 0 Å². The molecule has 2 aromatic carbocycles. The van der Waals surface area contributed by atoms with E-state index in [0.29, 0.717) is 22.2 Å². The van der Waals surface area contributed by atoms with E-state index in [9.17, 15) is 18.3 Å². The molecule has 0 saturated carbocycles. The van der Waals surface area contributed by atoms with E-state index in [1.165, 1.54) is 0 Å². The van der Waals surface area contributed by atoms with Gasteiger partial charge in [0.25, 0.3) is 5.56 Å². The first-order valence-corrected chi connectivity index (χ1v) is 11.9. The van der Waals surface area contributed by atoms with E-state index in [-0.39, 0.29) is 30.2 Å². The SMILES string of the molecule is Cc1ccc2nsnc2c1S(=O)(=O)N(CCO)Cc1cc2ccc(C)c(C)c2[nH]c1=O. The van der Waals surface area contributed by atoms with Gasteiger partial charge in [-0.25, -0.2) is 8.42 Å². The molecule has 0 atom stereocenters. The Bertz CT molecular complexity index is 1460. The minimum atomic E-state index is -4.05. The van der Waals surface area contributed by atoms with Crippen LogP contribution in [0.15, 0.2) is 40.0 Å². The van der Waals surface area contributed by atoms with Crippen LogP contribution < -0.4 is 5.56 Å². The molecule has 4 aromatic rings. The smallest absolute Gasteiger partial charge is 0.252 e. The molecule has 0 amide bonds. The van der Waals surface area contributed by atoms with Crippen molar-refractivity contribution in [2.75, 3.05) is 13.2 Å². The molecule has 2 heterocycles. The highest BCUT2D eigenvalue weighted by Crippen LogP contribution is 2.29. The van der Waals surface area contributed by atoms with Crippen molar-refractivity contribution < 1.29 is 13.5 Å². The summed E-state index contributed by atoms with van der Waals surface area (Å²) in [7, 11) is -4.05. The largest absolute Gasteiger partial charge is 0.395 e. The summed E-state index contributed by atoms with van der Waals surface area (Å²) in [5.41, 5.74) is 4.03. The monoisotopic (exact) mass is 458 g/mol. The third kappa shape index (κ3) is 3.76. The number of fused-ring (bicyclic) bond motifs is 2. The lowest BCUT2D eigenvalue weighted by molar-refractivity contribution is 0.251. The number of rotatable bonds is 6. The minimum absolute atomic E-state index is 0.0517. The van der Waals surface area contributed by atoms with Gasteiger partial charge in [0.2, 0.25) is 10.0 Å². The Labute approximate surface area is 183 Å². The maximum absolute atomic E-state index is 13.6. The molecule has 8 nitrogen and oxygen atoms in total. The van der Waals surface area contributed by atoms with Gasteiger partial charge in [0, 0.05) is 18.7 Å². The third-order valence-corrected chi connectivity index (χ3v) is 8.07. The molecule has 2 N–H and O–H groups in total. The van der Waals surface area contributed by atoms with Gasteiger partial charge in [-0.15, -0.1) is 0 Å². The summed E-state index contributed by atoms with van der Waals surface area (Å²) in [6.07, 6.45) is 0. The van der Waals surface area contributed by atoms with E-state index >= 15 is 0 Å². The number of aliphatic hydroxyl groups excluding tert-OH is 1. The lowest BCUT2D eigenvalue weighted by Gasteiger charge is -2.22. The summed E-state index contributed by atoms with van der Waals surface area (Å²) < 4.78 is 36.6. The third-order valence-electron chi connectivity index (χ3n) is 5.50. The lowest BCUT2D eigenvalue weighted by Crippen LogP contribution is -2.35. The van der Waals surface area contributed by atoms with Crippen LogP contribution in [0.5, 0.6) is 0 Å². The number of nitrogens with one attached hydrogen (secondary N) is 1. The van der Waals surface area contributed by atoms with Crippen LogP contribution in [-0.4, -0.2) is 44.7 Å². The van der Waals surface area contributed by atoms with Gasteiger partial charge >= 0.3 is 0 Å². The van der Waals surface area contributed by atoms with Crippen LogP contribution in [0.1, 0.15) is 22.3 Å². The number of hydrogen-bond acceptors (Lipinski definition) is 7. The van der Waals surface area contributed by atoms with E-state index in [1.54, 1.807) is 25.1 Å². The molecule has 0 spiro atoms. The van der Waals surface area contributed by atoms with Crippen LogP contribution in [0.2, 0.25) is 0 Å². The molecule has 2 aromatic heterocycles. The number of aryl methyl sites for hydroxylation is 3. The Balaban J connectivity index is 1.82. The molecule has 0 radical (unpaired) electrons. The summed E-state index contributed by atoms with van der Waals surface area (Å²) in [5, 5.41) is 10.4. The first kappa shape index (κ1) is 21.6. The second-order valence-electron chi connectivity index (χ2n) is 7.50. The summed E-state index contributed by atoms with van der Waals surface area (Å²) in [5.74, 6) is 0. The topological polar surface area (TPSA) is 116 Å². The molecule has 0 bridgehead atoms. The quantitative estimate of drug-likeness (QED) is 0.459. The van der Waals surface area contributed by atoms with Crippen molar-refractivity contribution in [1.82, 2.24) is 18.0 Å². The maximum Gasteiger partial charge on any atom is 0.252 e. The molecule has 31 heavy (non-hydrogen) atoms. The molecule has 0 aliphatic heterocycles. The number of sulfonamides is 1. The van der Waals surface area contributed by atoms with E-state index in [1.807, 2.05) is 26.0 Å². The molecular formula is C21H22N4O4S2. The minimum Gasteiger partial charge on any atom is -0.395 e. The van der Waals surface area contributed by atoms with E-state index in [4.69, 9.17) is 0 Å². The fourth-order valence-corrected chi connectivity index (χ4v) is 6.02. The van der Waals surface area contributed by atoms with E-state index in [2.05, 4.69) is 13.7 Å². The van der Waals surface area contributed by atoms with Crippen molar-refractivity contribution in [1.29, 1.82) is 0 Å². The van der Waals surface area contributed by atoms with Gasteiger partial charge in [-0.3, -0.25) is 4.79 Å². The highest BCUT2D eigenvalue weighted by atomic mass is 32.2. The van der Waals surface area contributed by atoms with E-state index < -0.39 is 10.0 Å². The number of pyridine rings is 1. The average molecular weight is 459 g/mol. The zero-order valence-electron chi connectivity index (χ0n) is 17.3. The van der Waals surface area contributed by atoms with Crippen molar-refractivity contribution in [3.63, 3.8) is 0 Å². The highest BCUT2D eigenvalue weighted by molar-refractivity contribution is 7.89. The maximum atomic E-state index is 13.6. The molecule has 0 fully saturated rings. The summed E-state index contributed by atoms with van der Waals surface area (Å²) in [6.45, 7) is 4.88. The Morgan fingerprint density at radius 1 is 1.10 bits per heavy atom. The number of nitrogens with zero attached hydrogens (tertiary/aromatic N) is 3. The van der Waals surface area contributed by atoms with Crippen LogP contribution in [0.4, 0.5) is 0 Å². The lowest BCUT2D eigenvalue weighted by atomic mass is 10.0. The average Bonchev–Trinajstić information content (AvgIpc) is 3.19. The standard InChI is InChI=1S/C21H22N4O4S2/c1-12-4-6-15-10-16(21(27)22-18(15)14(12)3)11-25(8-9-26)31(28,29)20-13(2)5-7-17-19(20)24-30-23-17/h4-7,10,26H,8-9,11H2,1-3H3,(H,22,27). The molecule has 4 rings (SSSR count). The van der Waals surface area contributed by atoms with Crippen molar-refractivity contribution in [2.24, 2.45) is 0 Å². The second-order valence-corrected chi connectivity index (χ2v) is 9.90. The number of H-pyrrole nitrogens is 1. The predicted octanol–water partition coefficient (Wildman–Crippen LogP) is 2.64. The van der Waals surface area contributed by atoms with Crippen molar-refractivity contribution in [3.8, 4) is 0 Å². The highest BCUT2D eigenvalue weighted by Gasteiger charge is 2.30. The molecule has 0 saturated heterocycles. The van der Waals surface area contributed by atoms with Crippen LogP contribution in [0.25, 0.3) is 21.9 Å². The van der Waals surface area contributed by atoms with Crippen molar-refractivity contribution in [3.05, 3.63) is 62.9 Å². The molecule has 0 aliphatic rings. The van der Waals surface area contributed by atoms with Crippen molar-refractivity contribution in [2.45, 2.75) is 32.2 Å².